The van der Waals surface area contributed by atoms with Gasteiger partial charge in [0.15, 0.2) is 0 Å². The van der Waals surface area contributed by atoms with E-state index in [0.717, 1.165) is 39.3 Å². The molecule has 2 N–H and O–H groups in total. The molecule has 2 unspecified atom stereocenters. The summed E-state index contributed by atoms with van der Waals surface area (Å²) in [5.41, 5.74) is 4.98. The maximum atomic E-state index is 13.3. The third-order valence-electron chi connectivity index (χ3n) is 6.57. The van der Waals surface area contributed by atoms with Gasteiger partial charge in [-0.05, 0) is 72.7 Å². The summed E-state index contributed by atoms with van der Waals surface area (Å²) in [6.45, 7) is 1.98. The molecule has 0 saturated heterocycles. The first-order valence-corrected chi connectivity index (χ1v) is 14.7. The van der Waals surface area contributed by atoms with Gasteiger partial charge in [0.2, 0.25) is 0 Å². The van der Waals surface area contributed by atoms with E-state index in [9.17, 15) is 18.9 Å². The van der Waals surface area contributed by atoms with Crippen molar-refractivity contribution in [1.82, 2.24) is 10.3 Å². The van der Waals surface area contributed by atoms with E-state index in [4.69, 9.17) is 4.74 Å². The second-order valence-electron chi connectivity index (χ2n) is 9.52. The van der Waals surface area contributed by atoms with Crippen molar-refractivity contribution in [1.29, 1.82) is 0 Å². The number of rotatable bonds is 12. The third-order valence-corrected chi connectivity index (χ3v) is 7.38. The predicted molar refractivity (Wildman–Crippen MR) is 157 cm³/mol. The van der Waals surface area contributed by atoms with Gasteiger partial charge in [-0.1, -0.05) is 54.6 Å². The number of benzene rings is 3. The average Bonchev–Trinajstić information content (AvgIpc) is 2.95. The number of aliphatic carboxylic acids is 1. The predicted octanol–water partition coefficient (Wildman–Crippen LogP) is 5.59. The molecule has 0 fully saturated rings. The highest BCUT2D eigenvalue weighted by Gasteiger charge is 2.23. The number of carbonyl (C=O) groups excluding carboxylic acids is 1. The lowest BCUT2D eigenvalue weighted by molar-refractivity contribution is -0.139. The van der Waals surface area contributed by atoms with Crippen molar-refractivity contribution in [3.63, 3.8) is 0 Å². The molecule has 4 aromatic rings. The molecule has 7 nitrogen and oxygen atoms in total. The Morgan fingerprint density at radius 3 is 2.45 bits per heavy atom. The number of carbonyl (C=O) groups is 2. The molecule has 0 aliphatic heterocycles. The zero-order valence-corrected chi connectivity index (χ0v) is 23.3. The number of hydrogen-bond donors (Lipinski definition) is 2. The zero-order valence-electron chi connectivity index (χ0n) is 22.5. The smallest absolute Gasteiger partial charge is 0.326 e. The molecule has 1 heterocycles. The van der Waals surface area contributed by atoms with Crippen molar-refractivity contribution in [2.45, 2.75) is 32.2 Å². The number of ether oxygens (including phenoxy) is 1. The molecule has 0 saturated carbocycles. The Balaban J connectivity index is 1.60. The number of carboxylic acids is 1. The van der Waals surface area contributed by atoms with Crippen LogP contribution in [0.25, 0.3) is 11.1 Å². The van der Waals surface area contributed by atoms with Crippen LogP contribution in [-0.4, -0.2) is 44.2 Å². The van der Waals surface area contributed by atoms with Crippen molar-refractivity contribution < 1.29 is 23.6 Å². The van der Waals surface area contributed by atoms with Gasteiger partial charge in [0, 0.05) is 46.3 Å². The summed E-state index contributed by atoms with van der Waals surface area (Å²) in [7, 11) is -1.16. The summed E-state index contributed by atoms with van der Waals surface area (Å²) in [6.07, 6.45) is 6.45. The van der Waals surface area contributed by atoms with Crippen LogP contribution in [0.5, 0.6) is 11.5 Å². The Morgan fingerprint density at radius 1 is 0.975 bits per heavy atom. The Bertz CT molecular complexity index is 1510. The number of pyridine rings is 1. The molecule has 40 heavy (non-hydrogen) atoms. The molecule has 1 aromatic heterocycles. The number of aromatic nitrogens is 1. The first-order valence-electron chi connectivity index (χ1n) is 13.0. The fourth-order valence-electron chi connectivity index (χ4n) is 4.42. The van der Waals surface area contributed by atoms with Crippen LogP contribution in [0.15, 0.2) is 91.3 Å². The summed E-state index contributed by atoms with van der Waals surface area (Å²) in [5.74, 6) is 0.0364. The summed E-state index contributed by atoms with van der Waals surface area (Å²) >= 11 is 0. The number of aryl methyl sites for hydroxylation is 3. The summed E-state index contributed by atoms with van der Waals surface area (Å²) in [6, 6.07) is 23.7. The Kier molecular flexibility index (Phi) is 9.81. The number of carboxylic acid groups (broad SMARTS) is 1. The van der Waals surface area contributed by atoms with Crippen LogP contribution in [0, 0.1) is 6.92 Å². The summed E-state index contributed by atoms with van der Waals surface area (Å²) < 4.78 is 17.6. The van der Waals surface area contributed by atoms with Crippen molar-refractivity contribution in [2.24, 2.45) is 0 Å². The largest absolute Gasteiger partial charge is 0.480 e. The lowest BCUT2D eigenvalue weighted by Gasteiger charge is -2.18. The molecule has 4 rings (SSSR count). The molecular formula is C32H32N2O5S. The lowest BCUT2D eigenvalue weighted by atomic mass is 9.92. The topological polar surface area (TPSA) is 106 Å². The highest BCUT2D eigenvalue weighted by molar-refractivity contribution is 7.84. The van der Waals surface area contributed by atoms with E-state index in [1.54, 1.807) is 18.5 Å². The van der Waals surface area contributed by atoms with Crippen LogP contribution in [0.1, 0.15) is 33.5 Å². The van der Waals surface area contributed by atoms with Crippen LogP contribution >= 0.6 is 0 Å². The molecule has 1 amide bonds. The minimum atomic E-state index is -1.16. The number of nitrogens with zero attached hydrogens (tertiary/aromatic N) is 1. The maximum absolute atomic E-state index is 13.3. The quantitative estimate of drug-likeness (QED) is 0.236. The minimum absolute atomic E-state index is 0.0838. The minimum Gasteiger partial charge on any atom is -0.480 e. The second kappa shape index (κ2) is 13.7. The second-order valence-corrected chi connectivity index (χ2v) is 11.1. The van der Waals surface area contributed by atoms with E-state index < -0.39 is 28.7 Å². The van der Waals surface area contributed by atoms with Gasteiger partial charge in [0.25, 0.3) is 5.91 Å². The van der Waals surface area contributed by atoms with Crippen LogP contribution in [0.3, 0.4) is 0 Å². The molecule has 0 spiro atoms. The zero-order chi connectivity index (χ0) is 28.5. The molecule has 0 radical (unpaired) electrons. The van der Waals surface area contributed by atoms with Crippen LogP contribution in [0.4, 0.5) is 0 Å². The lowest BCUT2D eigenvalue weighted by Crippen LogP contribution is -2.41. The van der Waals surface area contributed by atoms with Gasteiger partial charge in [-0.3, -0.25) is 14.0 Å². The van der Waals surface area contributed by atoms with E-state index >= 15 is 0 Å². The number of para-hydroxylation sites is 1. The molecule has 0 aliphatic rings. The van der Waals surface area contributed by atoms with Gasteiger partial charge in [0.1, 0.15) is 17.5 Å². The highest BCUT2D eigenvalue weighted by atomic mass is 32.2. The molecule has 2 atom stereocenters. The Morgan fingerprint density at radius 2 is 1.73 bits per heavy atom. The average molecular weight is 557 g/mol. The summed E-state index contributed by atoms with van der Waals surface area (Å²) in [5, 5.41) is 12.2. The SMILES string of the molecule is Cc1ccccc1-c1cc(CCc2cnccc2Oc2ccccc2)ccc1C(=O)NC(CCS(C)=O)C(=O)O. The van der Waals surface area contributed by atoms with Gasteiger partial charge in [0.05, 0.1) is 0 Å². The normalized spacial score (nSPS) is 12.3. The van der Waals surface area contributed by atoms with Crippen LogP contribution < -0.4 is 10.1 Å². The fourth-order valence-corrected chi connectivity index (χ4v) is 4.98. The standard InChI is InChI=1S/C32H32N2O5S/c1-22-8-6-7-11-26(22)28-20-23(13-15-27(28)31(35)34-29(32(36)37)17-19-40(2)38)12-14-24-21-33-18-16-30(24)39-25-9-4-3-5-10-25/h3-11,13,15-16,18,20-21,29H,12,14,17,19H2,1-2H3,(H,34,35)(H,36,37). The Labute approximate surface area is 236 Å². The molecule has 0 bridgehead atoms. The fraction of sp³-hybridized carbons (Fsp3) is 0.219. The van der Waals surface area contributed by atoms with Crippen molar-refractivity contribution in [3.05, 3.63) is 114 Å². The van der Waals surface area contributed by atoms with Crippen molar-refractivity contribution >= 4 is 22.7 Å². The van der Waals surface area contributed by atoms with E-state index in [-0.39, 0.29) is 12.2 Å². The molecule has 206 valence electrons. The van der Waals surface area contributed by atoms with Gasteiger partial charge in [-0.2, -0.15) is 0 Å². The third kappa shape index (κ3) is 7.64. The van der Waals surface area contributed by atoms with Crippen LogP contribution in [0.2, 0.25) is 0 Å². The van der Waals surface area contributed by atoms with Crippen LogP contribution in [-0.2, 0) is 28.4 Å². The van der Waals surface area contributed by atoms with Crippen molar-refractivity contribution in [3.8, 4) is 22.6 Å². The Hall–Kier alpha value is -4.30. The van der Waals surface area contributed by atoms with E-state index in [0.29, 0.717) is 18.4 Å². The first-order chi connectivity index (χ1) is 19.3. The summed E-state index contributed by atoms with van der Waals surface area (Å²) in [4.78, 5) is 29.4. The number of nitrogens with one attached hydrogen (secondary N) is 1. The molecule has 8 heteroatoms. The van der Waals surface area contributed by atoms with Crippen molar-refractivity contribution in [2.75, 3.05) is 12.0 Å². The van der Waals surface area contributed by atoms with Gasteiger partial charge < -0.3 is 15.2 Å². The van der Waals surface area contributed by atoms with Gasteiger partial charge in [-0.15, -0.1) is 0 Å². The number of hydrogen-bond acceptors (Lipinski definition) is 5. The highest BCUT2D eigenvalue weighted by Crippen LogP contribution is 2.30. The monoisotopic (exact) mass is 556 g/mol. The molecule has 0 aliphatic carbocycles. The van der Waals surface area contributed by atoms with Gasteiger partial charge >= 0.3 is 5.97 Å². The molecular weight excluding hydrogens is 524 g/mol. The number of amides is 1. The van der Waals surface area contributed by atoms with E-state index in [2.05, 4.69) is 10.3 Å². The maximum Gasteiger partial charge on any atom is 0.326 e. The molecule has 3 aromatic carbocycles. The van der Waals surface area contributed by atoms with E-state index in [1.165, 1.54) is 6.26 Å². The van der Waals surface area contributed by atoms with Gasteiger partial charge in [-0.25, -0.2) is 4.79 Å². The van der Waals surface area contributed by atoms with E-state index in [1.807, 2.05) is 79.7 Å². The first kappa shape index (κ1) is 28.7.